The highest BCUT2D eigenvalue weighted by atomic mass is 32.2. The Hall–Kier alpha value is -2.61. The standard InChI is InChI=1S/C22H29N3O4S/c1-15(2)12-17-4-6-19(7-5-17)30(28,29)24-20-13-18(22(26)27)14-23-21(20)25-10-8-16(3)9-11-25/h4-7,13-16,24H,8-12H2,1-3H3,(H,26,27). The monoisotopic (exact) mass is 431 g/mol. The summed E-state index contributed by atoms with van der Waals surface area (Å²) in [6.07, 6.45) is 4.10. The van der Waals surface area contributed by atoms with Crippen molar-refractivity contribution in [1.29, 1.82) is 0 Å². The molecule has 1 fully saturated rings. The number of pyridine rings is 1. The number of carboxylic acids is 1. The number of piperidine rings is 1. The summed E-state index contributed by atoms with van der Waals surface area (Å²) in [5.41, 5.74) is 1.20. The van der Waals surface area contributed by atoms with Gasteiger partial charge >= 0.3 is 5.97 Å². The van der Waals surface area contributed by atoms with Crippen molar-refractivity contribution in [3.05, 3.63) is 47.7 Å². The minimum Gasteiger partial charge on any atom is -0.478 e. The first-order valence-electron chi connectivity index (χ1n) is 10.3. The molecule has 8 heteroatoms. The van der Waals surface area contributed by atoms with E-state index in [4.69, 9.17) is 0 Å². The molecule has 1 aromatic carbocycles. The van der Waals surface area contributed by atoms with Crippen LogP contribution in [0.1, 0.15) is 49.5 Å². The van der Waals surface area contributed by atoms with E-state index in [0.717, 1.165) is 37.9 Å². The molecule has 1 aliphatic rings. The summed E-state index contributed by atoms with van der Waals surface area (Å²) in [5, 5.41) is 9.33. The predicted molar refractivity (Wildman–Crippen MR) is 118 cm³/mol. The minimum absolute atomic E-state index is 0.0610. The van der Waals surface area contributed by atoms with Gasteiger partial charge in [-0.1, -0.05) is 32.9 Å². The molecule has 1 saturated heterocycles. The van der Waals surface area contributed by atoms with E-state index in [2.05, 4.69) is 30.5 Å². The summed E-state index contributed by atoms with van der Waals surface area (Å²) in [5.74, 6) is 0.390. The highest BCUT2D eigenvalue weighted by Gasteiger charge is 2.24. The van der Waals surface area contributed by atoms with Crippen molar-refractivity contribution in [2.24, 2.45) is 11.8 Å². The van der Waals surface area contributed by atoms with Gasteiger partial charge in [0.15, 0.2) is 5.82 Å². The molecule has 0 atom stereocenters. The molecule has 7 nitrogen and oxygen atoms in total. The van der Waals surface area contributed by atoms with Gasteiger partial charge in [-0.05, 0) is 54.9 Å². The third-order valence-electron chi connectivity index (χ3n) is 5.32. The summed E-state index contributed by atoms with van der Waals surface area (Å²) in [6.45, 7) is 7.90. The molecule has 1 aliphatic heterocycles. The number of anilines is 2. The molecule has 2 N–H and O–H groups in total. The maximum Gasteiger partial charge on any atom is 0.337 e. The minimum atomic E-state index is -3.88. The van der Waals surface area contributed by atoms with Crippen LogP contribution >= 0.6 is 0 Å². The highest BCUT2D eigenvalue weighted by molar-refractivity contribution is 7.92. The number of nitrogens with one attached hydrogen (secondary N) is 1. The molecule has 1 aromatic heterocycles. The Morgan fingerprint density at radius 1 is 1.23 bits per heavy atom. The van der Waals surface area contributed by atoms with Gasteiger partial charge in [-0.25, -0.2) is 18.2 Å². The second kappa shape index (κ2) is 9.04. The molecular formula is C22H29N3O4S. The number of carbonyl (C=O) groups is 1. The Balaban J connectivity index is 1.91. The van der Waals surface area contributed by atoms with Crippen molar-refractivity contribution >= 4 is 27.5 Å². The molecule has 2 aromatic rings. The van der Waals surface area contributed by atoms with Crippen LogP contribution in [0.25, 0.3) is 0 Å². The van der Waals surface area contributed by atoms with Crippen molar-refractivity contribution in [3.8, 4) is 0 Å². The molecule has 162 valence electrons. The first-order valence-corrected chi connectivity index (χ1v) is 11.7. The fourth-order valence-electron chi connectivity index (χ4n) is 3.60. The number of rotatable bonds is 7. The average Bonchev–Trinajstić information content (AvgIpc) is 2.68. The lowest BCUT2D eigenvalue weighted by Gasteiger charge is -2.32. The van der Waals surface area contributed by atoms with Gasteiger partial charge in [-0.3, -0.25) is 4.72 Å². The zero-order valence-corrected chi connectivity index (χ0v) is 18.4. The summed E-state index contributed by atoms with van der Waals surface area (Å²) in [4.78, 5) is 17.8. The molecule has 30 heavy (non-hydrogen) atoms. The van der Waals surface area contributed by atoms with Gasteiger partial charge in [0.2, 0.25) is 0 Å². The number of hydrogen-bond acceptors (Lipinski definition) is 5. The lowest BCUT2D eigenvalue weighted by Crippen LogP contribution is -2.34. The maximum absolute atomic E-state index is 13.0. The van der Waals surface area contributed by atoms with Crippen LogP contribution in [0.15, 0.2) is 41.4 Å². The Morgan fingerprint density at radius 3 is 2.43 bits per heavy atom. The van der Waals surface area contributed by atoms with Crippen LogP contribution in [-0.4, -0.2) is 37.6 Å². The Labute approximate surface area is 178 Å². The molecule has 0 bridgehead atoms. The van der Waals surface area contributed by atoms with Crippen molar-refractivity contribution in [3.63, 3.8) is 0 Å². The summed E-state index contributed by atoms with van der Waals surface area (Å²) in [7, 11) is -3.88. The van der Waals surface area contributed by atoms with Gasteiger partial charge in [0.1, 0.15) is 0 Å². The third-order valence-corrected chi connectivity index (χ3v) is 6.70. The fraction of sp³-hybridized carbons (Fsp3) is 0.455. The summed E-state index contributed by atoms with van der Waals surface area (Å²) in [6, 6.07) is 8.13. The van der Waals surface area contributed by atoms with E-state index < -0.39 is 16.0 Å². The molecule has 0 spiro atoms. The Kier molecular flexibility index (Phi) is 6.65. The van der Waals surface area contributed by atoms with Crippen molar-refractivity contribution in [1.82, 2.24) is 4.98 Å². The number of aromatic nitrogens is 1. The SMILES string of the molecule is CC(C)Cc1ccc(S(=O)(=O)Nc2cc(C(=O)O)cnc2N2CCC(C)CC2)cc1. The van der Waals surface area contributed by atoms with Crippen LogP contribution in [0.2, 0.25) is 0 Å². The lowest BCUT2D eigenvalue weighted by molar-refractivity contribution is 0.0696. The lowest BCUT2D eigenvalue weighted by atomic mass is 9.99. The number of benzene rings is 1. The van der Waals surface area contributed by atoms with Crippen LogP contribution in [-0.2, 0) is 16.4 Å². The number of sulfonamides is 1. The average molecular weight is 432 g/mol. The van der Waals surface area contributed by atoms with Crippen LogP contribution < -0.4 is 9.62 Å². The van der Waals surface area contributed by atoms with Crippen LogP contribution in [0, 0.1) is 11.8 Å². The summed E-state index contributed by atoms with van der Waals surface area (Å²) < 4.78 is 28.6. The van der Waals surface area contributed by atoms with Gasteiger partial charge in [0.25, 0.3) is 10.0 Å². The van der Waals surface area contributed by atoms with Crippen LogP contribution in [0.4, 0.5) is 11.5 Å². The topological polar surface area (TPSA) is 99.6 Å². The molecule has 0 saturated carbocycles. The first-order chi connectivity index (χ1) is 14.2. The van der Waals surface area contributed by atoms with Crippen LogP contribution in [0.3, 0.4) is 0 Å². The van der Waals surface area contributed by atoms with Crippen LogP contribution in [0.5, 0.6) is 0 Å². The molecule has 0 unspecified atom stereocenters. The predicted octanol–water partition coefficient (Wildman–Crippen LogP) is 4.02. The normalized spacial score (nSPS) is 15.4. The zero-order valence-electron chi connectivity index (χ0n) is 17.6. The van der Waals surface area contributed by atoms with Crippen molar-refractivity contribution in [2.75, 3.05) is 22.7 Å². The Bertz CT molecular complexity index is 996. The molecule has 0 aliphatic carbocycles. The molecule has 2 heterocycles. The highest BCUT2D eigenvalue weighted by Crippen LogP contribution is 2.30. The van der Waals surface area contributed by atoms with Gasteiger partial charge in [-0.2, -0.15) is 0 Å². The number of nitrogens with zero attached hydrogens (tertiary/aromatic N) is 2. The van der Waals surface area contributed by atoms with Gasteiger partial charge in [0.05, 0.1) is 16.1 Å². The smallest absolute Gasteiger partial charge is 0.337 e. The largest absolute Gasteiger partial charge is 0.478 e. The maximum atomic E-state index is 13.0. The van der Waals surface area contributed by atoms with E-state index in [-0.39, 0.29) is 16.1 Å². The number of hydrogen-bond donors (Lipinski definition) is 2. The third kappa shape index (κ3) is 5.30. The first kappa shape index (κ1) is 22.1. The van der Waals surface area contributed by atoms with Gasteiger partial charge in [-0.15, -0.1) is 0 Å². The molecule has 0 amide bonds. The quantitative estimate of drug-likeness (QED) is 0.687. The molecule has 3 rings (SSSR count). The van der Waals surface area contributed by atoms with E-state index in [1.165, 1.54) is 12.3 Å². The zero-order chi connectivity index (χ0) is 21.9. The summed E-state index contributed by atoms with van der Waals surface area (Å²) >= 11 is 0. The van der Waals surface area contributed by atoms with E-state index in [0.29, 0.717) is 17.7 Å². The van der Waals surface area contributed by atoms with Gasteiger partial charge < -0.3 is 10.0 Å². The van der Waals surface area contributed by atoms with E-state index in [9.17, 15) is 18.3 Å². The van der Waals surface area contributed by atoms with Gasteiger partial charge in [0, 0.05) is 19.3 Å². The van der Waals surface area contributed by atoms with Crippen molar-refractivity contribution in [2.45, 2.75) is 44.9 Å². The van der Waals surface area contributed by atoms with Crippen molar-refractivity contribution < 1.29 is 18.3 Å². The fourth-order valence-corrected chi connectivity index (χ4v) is 4.65. The van der Waals surface area contributed by atoms with E-state index in [1.807, 2.05) is 17.0 Å². The second-order valence-electron chi connectivity index (χ2n) is 8.42. The van der Waals surface area contributed by atoms with E-state index in [1.54, 1.807) is 12.1 Å². The molecule has 0 radical (unpaired) electrons. The second-order valence-corrected chi connectivity index (χ2v) is 10.1. The number of aromatic carboxylic acids is 1. The number of carboxylic acid groups (broad SMARTS) is 1. The Morgan fingerprint density at radius 2 is 1.87 bits per heavy atom. The molecular weight excluding hydrogens is 402 g/mol. The van der Waals surface area contributed by atoms with E-state index >= 15 is 0 Å².